The molecule has 0 saturated heterocycles. The largest absolute Gasteiger partial charge is 0.507 e. The molecule has 22 heavy (non-hydrogen) atoms. The first-order valence-corrected chi connectivity index (χ1v) is 8.71. The molecule has 0 aliphatic rings. The summed E-state index contributed by atoms with van der Waals surface area (Å²) in [5.41, 5.74) is 2.50. The molecule has 0 spiro atoms. The summed E-state index contributed by atoms with van der Waals surface area (Å²) in [5, 5.41) is 13.8. The monoisotopic (exact) mass is 306 g/mol. The number of aromatic hydroxyl groups is 1. The standard InChI is InChI=1S/C20H19OP/c1-15-7-11-17(12-8-15)22(18-13-9-16(2)10-14-18)20-6-4-3-5-19(20)21/h3-14,21H,1-2H3. The summed E-state index contributed by atoms with van der Waals surface area (Å²) < 4.78 is 0. The first kappa shape index (κ1) is 14.8. The van der Waals surface area contributed by atoms with Gasteiger partial charge in [0.1, 0.15) is 5.75 Å². The van der Waals surface area contributed by atoms with E-state index in [1.54, 1.807) is 6.07 Å². The van der Waals surface area contributed by atoms with Crippen LogP contribution in [-0.4, -0.2) is 5.11 Å². The van der Waals surface area contributed by atoms with E-state index in [-0.39, 0.29) is 0 Å². The molecular weight excluding hydrogens is 287 g/mol. The smallest absolute Gasteiger partial charge is 0.123 e. The molecule has 0 amide bonds. The highest BCUT2D eigenvalue weighted by molar-refractivity contribution is 7.80. The maximum atomic E-state index is 10.3. The van der Waals surface area contributed by atoms with Crippen molar-refractivity contribution in [2.45, 2.75) is 13.8 Å². The number of phenols is 1. The highest BCUT2D eigenvalue weighted by atomic mass is 31.1. The van der Waals surface area contributed by atoms with Crippen molar-refractivity contribution in [2.24, 2.45) is 0 Å². The molecule has 0 saturated carbocycles. The fourth-order valence-corrected chi connectivity index (χ4v) is 4.76. The molecule has 0 atom stereocenters. The maximum Gasteiger partial charge on any atom is 0.123 e. The van der Waals surface area contributed by atoms with Crippen molar-refractivity contribution < 1.29 is 5.11 Å². The van der Waals surface area contributed by atoms with E-state index in [2.05, 4.69) is 62.4 Å². The summed E-state index contributed by atoms with van der Waals surface area (Å²) in [7, 11) is -0.742. The van der Waals surface area contributed by atoms with Crippen LogP contribution in [0.25, 0.3) is 0 Å². The normalized spacial score (nSPS) is 10.9. The second-order valence-electron chi connectivity index (χ2n) is 5.50. The highest BCUT2D eigenvalue weighted by Crippen LogP contribution is 2.36. The molecule has 3 aromatic carbocycles. The Bertz CT molecular complexity index is 715. The summed E-state index contributed by atoms with van der Waals surface area (Å²) in [6.45, 7) is 4.19. The molecule has 1 nitrogen and oxygen atoms in total. The van der Waals surface area contributed by atoms with E-state index in [1.165, 1.54) is 21.7 Å². The molecule has 3 aromatic rings. The molecular formula is C20H19OP. The molecule has 0 aromatic heterocycles. The molecule has 0 bridgehead atoms. The highest BCUT2D eigenvalue weighted by Gasteiger charge is 2.19. The van der Waals surface area contributed by atoms with Crippen LogP contribution in [0.5, 0.6) is 5.75 Å². The third-order valence-corrected chi connectivity index (χ3v) is 6.20. The molecule has 0 fully saturated rings. The zero-order valence-electron chi connectivity index (χ0n) is 12.8. The summed E-state index contributed by atoms with van der Waals surface area (Å²) in [4.78, 5) is 0. The van der Waals surface area contributed by atoms with Gasteiger partial charge in [0.2, 0.25) is 0 Å². The molecule has 0 heterocycles. The second kappa shape index (κ2) is 6.34. The lowest BCUT2D eigenvalue weighted by molar-refractivity contribution is 0.480. The minimum absolute atomic E-state index is 0.370. The van der Waals surface area contributed by atoms with Crippen molar-refractivity contribution in [2.75, 3.05) is 0 Å². The Morgan fingerprint density at radius 2 is 1.09 bits per heavy atom. The van der Waals surface area contributed by atoms with Gasteiger partial charge in [-0.05, 0) is 38.4 Å². The molecule has 3 rings (SSSR count). The minimum atomic E-state index is -0.742. The second-order valence-corrected chi connectivity index (χ2v) is 7.68. The first-order valence-electron chi connectivity index (χ1n) is 7.36. The van der Waals surface area contributed by atoms with Gasteiger partial charge in [-0.2, -0.15) is 0 Å². The van der Waals surface area contributed by atoms with Crippen LogP contribution in [0, 0.1) is 13.8 Å². The number of para-hydroxylation sites is 1. The summed E-state index contributed by atoms with van der Waals surface area (Å²) >= 11 is 0. The number of hydrogen-bond acceptors (Lipinski definition) is 1. The lowest BCUT2D eigenvalue weighted by Crippen LogP contribution is -2.20. The predicted molar refractivity (Wildman–Crippen MR) is 96.3 cm³/mol. The van der Waals surface area contributed by atoms with Gasteiger partial charge in [-0.15, -0.1) is 0 Å². The number of aryl methyl sites for hydroxylation is 2. The number of phenolic OH excluding ortho intramolecular Hbond substituents is 1. The number of rotatable bonds is 3. The van der Waals surface area contributed by atoms with Crippen LogP contribution in [0.3, 0.4) is 0 Å². The maximum absolute atomic E-state index is 10.3. The first-order chi connectivity index (χ1) is 10.6. The van der Waals surface area contributed by atoms with Gasteiger partial charge >= 0.3 is 0 Å². The lowest BCUT2D eigenvalue weighted by Gasteiger charge is -2.20. The van der Waals surface area contributed by atoms with Crippen LogP contribution in [-0.2, 0) is 0 Å². The van der Waals surface area contributed by atoms with E-state index < -0.39 is 7.92 Å². The average Bonchev–Trinajstić information content (AvgIpc) is 2.53. The molecule has 0 aliphatic carbocycles. The SMILES string of the molecule is Cc1ccc(P(c2ccc(C)cc2)c2ccccc2O)cc1. The number of benzene rings is 3. The fraction of sp³-hybridized carbons (Fsp3) is 0.100. The van der Waals surface area contributed by atoms with Gasteiger partial charge in [0.25, 0.3) is 0 Å². The van der Waals surface area contributed by atoms with E-state index in [1.807, 2.05) is 18.2 Å². The van der Waals surface area contributed by atoms with Crippen molar-refractivity contribution in [1.29, 1.82) is 0 Å². The zero-order chi connectivity index (χ0) is 15.5. The minimum Gasteiger partial charge on any atom is -0.507 e. The Kier molecular flexibility index (Phi) is 4.27. The van der Waals surface area contributed by atoms with Crippen molar-refractivity contribution in [1.82, 2.24) is 0 Å². The van der Waals surface area contributed by atoms with Gasteiger partial charge in [0, 0.05) is 5.30 Å². The molecule has 110 valence electrons. The molecule has 0 unspecified atom stereocenters. The van der Waals surface area contributed by atoms with E-state index in [9.17, 15) is 5.11 Å². The van der Waals surface area contributed by atoms with E-state index in [4.69, 9.17) is 0 Å². The van der Waals surface area contributed by atoms with Crippen molar-refractivity contribution >= 4 is 23.8 Å². The Morgan fingerprint density at radius 3 is 1.55 bits per heavy atom. The van der Waals surface area contributed by atoms with Crippen LogP contribution in [0.15, 0.2) is 72.8 Å². The van der Waals surface area contributed by atoms with Gasteiger partial charge in [-0.3, -0.25) is 0 Å². The Labute approximate surface area is 133 Å². The molecule has 1 N–H and O–H groups in total. The van der Waals surface area contributed by atoms with Crippen LogP contribution in [0.2, 0.25) is 0 Å². The topological polar surface area (TPSA) is 20.2 Å². The molecule has 2 heteroatoms. The van der Waals surface area contributed by atoms with Gasteiger partial charge in [-0.25, -0.2) is 0 Å². The van der Waals surface area contributed by atoms with Gasteiger partial charge in [0.15, 0.2) is 0 Å². The fourth-order valence-electron chi connectivity index (χ4n) is 2.47. The van der Waals surface area contributed by atoms with Crippen molar-refractivity contribution in [3.8, 4) is 5.75 Å². The van der Waals surface area contributed by atoms with Crippen LogP contribution in [0.1, 0.15) is 11.1 Å². The van der Waals surface area contributed by atoms with Gasteiger partial charge in [0.05, 0.1) is 0 Å². The summed E-state index contributed by atoms with van der Waals surface area (Å²) in [6, 6.07) is 24.9. The van der Waals surface area contributed by atoms with Crippen LogP contribution >= 0.6 is 7.92 Å². The Morgan fingerprint density at radius 1 is 0.636 bits per heavy atom. The van der Waals surface area contributed by atoms with Crippen molar-refractivity contribution in [3.63, 3.8) is 0 Å². The third kappa shape index (κ3) is 3.05. The predicted octanol–water partition coefficient (Wildman–Crippen LogP) is 3.77. The zero-order valence-corrected chi connectivity index (χ0v) is 13.7. The van der Waals surface area contributed by atoms with E-state index in [0.717, 1.165) is 5.30 Å². The lowest BCUT2D eigenvalue weighted by atomic mass is 10.2. The summed E-state index contributed by atoms with van der Waals surface area (Å²) in [5.74, 6) is 0.370. The molecule has 0 aliphatic heterocycles. The van der Waals surface area contributed by atoms with E-state index in [0.29, 0.717) is 5.75 Å². The van der Waals surface area contributed by atoms with Crippen LogP contribution in [0.4, 0.5) is 0 Å². The quantitative estimate of drug-likeness (QED) is 0.730. The van der Waals surface area contributed by atoms with Crippen molar-refractivity contribution in [3.05, 3.63) is 83.9 Å². The Hall–Kier alpha value is -2.11. The third-order valence-electron chi connectivity index (χ3n) is 3.71. The number of hydrogen-bond donors (Lipinski definition) is 1. The summed E-state index contributed by atoms with van der Waals surface area (Å²) in [6.07, 6.45) is 0. The van der Waals surface area contributed by atoms with Crippen LogP contribution < -0.4 is 15.9 Å². The van der Waals surface area contributed by atoms with E-state index >= 15 is 0 Å². The molecule has 0 radical (unpaired) electrons. The Balaban J connectivity index is 2.16. The average molecular weight is 306 g/mol. The van der Waals surface area contributed by atoms with Gasteiger partial charge in [-0.1, -0.05) is 77.9 Å². The van der Waals surface area contributed by atoms with Gasteiger partial charge < -0.3 is 5.11 Å².